The number of piperazine rings is 1. The Morgan fingerprint density at radius 2 is 1.58 bits per heavy atom. The van der Waals surface area contributed by atoms with Crippen LogP contribution in [0.15, 0.2) is 48.7 Å². The SMILES string of the molecule is CN1C(=O)C(F)(F)CN(C2CCCC2)c2nc(Nc3ccc(C(=O)NC4CCN(C(=O)CCN5CCN(c6cccc7c6C(=O)N(C6CCC(=O)NC6=O)C7=O)CC5)CC4)cc3)ncc21. The Bertz CT molecular complexity index is 2410. The van der Waals surface area contributed by atoms with Gasteiger partial charge in [-0.25, -0.2) is 4.98 Å². The van der Waals surface area contributed by atoms with Gasteiger partial charge in [0.2, 0.25) is 23.7 Å². The van der Waals surface area contributed by atoms with Crippen LogP contribution in [0.5, 0.6) is 0 Å². The minimum absolute atomic E-state index is 0.0435. The van der Waals surface area contributed by atoms with Gasteiger partial charge in [-0.05, 0) is 68.5 Å². The van der Waals surface area contributed by atoms with E-state index >= 15 is 0 Å². The number of carbonyl (C=O) groups excluding carboxylic acids is 7. The molecule has 20 heteroatoms. The highest BCUT2D eigenvalue weighted by molar-refractivity contribution is 6.25. The number of carbonyl (C=O) groups is 7. The summed E-state index contributed by atoms with van der Waals surface area (Å²) in [5.74, 6) is -6.77. The third-order valence-corrected chi connectivity index (χ3v) is 13.5. The van der Waals surface area contributed by atoms with Crippen LogP contribution in [0.2, 0.25) is 0 Å². The van der Waals surface area contributed by atoms with E-state index in [1.807, 2.05) is 4.90 Å². The molecular formula is C45H51F2N11O7. The first kappa shape index (κ1) is 43.7. The van der Waals surface area contributed by atoms with E-state index in [1.54, 1.807) is 47.4 Å². The van der Waals surface area contributed by atoms with Crippen molar-refractivity contribution in [3.63, 3.8) is 0 Å². The second-order valence-corrected chi connectivity index (χ2v) is 17.6. The van der Waals surface area contributed by atoms with Crippen LogP contribution >= 0.6 is 0 Å². The number of hydrogen-bond acceptors (Lipinski definition) is 13. The molecule has 1 aliphatic carbocycles. The summed E-state index contributed by atoms with van der Waals surface area (Å²) in [6.07, 6.45) is 6.38. The van der Waals surface area contributed by atoms with Crippen LogP contribution in [0.3, 0.4) is 0 Å². The molecule has 4 fully saturated rings. The maximum absolute atomic E-state index is 15.0. The Hall–Kier alpha value is -6.57. The summed E-state index contributed by atoms with van der Waals surface area (Å²) >= 11 is 0. The average molecular weight is 896 g/mol. The summed E-state index contributed by atoms with van der Waals surface area (Å²) in [6.45, 7) is 3.29. The van der Waals surface area contributed by atoms with E-state index in [-0.39, 0.29) is 65.3 Å². The van der Waals surface area contributed by atoms with Crippen LogP contribution in [-0.2, 0) is 19.2 Å². The number of amides is 7. The first-order chi connectivity index (χ1) is 31.3. The lowest BCUT2D eigenvalue weighted by molar-refractivity contribution is -0.140. The van der Waals surface area contributed by atoms with E-state index in [0.29, 0.717) is 82.0 Å². The molecular weight excluding hydrogens is 845 g/mol. The highest BCUT2D eigenvalue weighted by Crippen LogP contribution is 2.40. The fourth-order valence-corrected chi connectivity index (χ4v) is 9.86. The van der Waals surface area contributed by atoms with Gasteiger partial charge in [-0.2, -0.15) is 13.8 Å². The van der Waals surface area contributed by atoms with Crippen molar-refractivity contribution in [2.45, 2.75) is 81.8 Å². The molecule has 18 nitrogen and oxygen atoms in total. The minimum atomic E-state index is -3.57. The Morgan fingerprint density at radius 3 is 2.29 bits per heavy atom. The molecule has 6 aliphatic rings. The number of nitrogens with one attached hydrogen (secondary N) is 3. The summed E-state index contributed by atoms with van der Waals surface area (Å²) in [5, 5.41) is 8.42. The van der Waals surface area contributed by atoms with Gasteiger partial charge in [0.05, 0.1) is 29.6 Å². The number of benzene rings is 2. The predicted molar refractivity (Wildman–Crippen MR) is 233 cm³/mol. The Labute approximate surface area is 373 Å². The lowest BCUT2D eigenvalue weighted by Crippen LogP contribution is -2.54. The van der Waals surface area contributed by atoms with Crippen molar-refractivity contribution >= 4 is 70.2 Å². The standard InChI is InChI=1S/C45H51F2N11O7/c1-53-34-25-48-44(52-38(34)57(30-5-2-3-6-30)26-45(46,47)43(53)65)50-28-11-9-27(10-12-28)39(61)49-29-15-19-56(20-16-29)36(60)17-18-54-21-23-55(24-22-54)32-8-4-7-31-37(32)42(64)58(41(31)63)33-13-14-35(59)51-40(33)62/h4,7-12,25,29-30,33H,2-3,5-6,13-24,26H2,1H3,(H,49,61)(H,48,50,52)(H,51,59,62). The molecule has 0 spiro atoms. The highest BCUT2D eigenvalue weighted by atomic mass is 19.3. The van der Waals surface area contributed by atoms with Gasteiger partial charge in [-0.3, -0.25) is 48.7 Å². The Balaban J connectivity index is 0.724. The van der Waals surface area contributed by atoms with E-state index in [9.17, 15) is 42.3 Å². The number of hydrogen-bond donors (Lipinski definition) is 3. The van der Waals surface area contributed by atoms with E-state index in [4.69, 9.17) is 0 Å². The molecule has 3 N–H and O–H groups in total. The maximum Gasteiger partial charge on any atom is 0.342 e. The highest BCUT2D eigenvalue weighted by Gasteiger charge is 2.49. The number of aromatic nitrogens is 2. The molecule has 1 aromatic heterocycles. The number of rotatable bonds is 10. The molecule has 7 amide bonds. The van der Waals surface area contributed by atoms with Crippen molar-refractivity contribution in [3.8, 4) is 0 Å². The molecule has 5 aliphatic heterocycles. The first-order valence-electron chi connectivity index (χ1n) is 22.3. The third-order valence-electron chi connectivity index (χ3n) is 13.5. The van der Waals surface area contributed by atoms with Gasteiger partial charge in [-0.15, -0.1) is 0 Å². The van der Waals surface area contributed by atoms with E-state index < -0.39 is 48.0 Å². The van der Waals surface area contributed by atoms with Crippen LogP contribution in [-0.4, -0.2) is 149 Å². The summed E-state index contributed by atoms with van der Waals surface area (Å²) in [5.41, 5.74) is 2.38. The van der Waals surface area contributed by atoms with Gasteiger partial charge in [-0.1, -0.05) is 18.9 Å². The number of anilines is 5. The second kappa shape index (κ2) is 17.8. The zero-order chi connectivity index (χ0) is 45.6. The molecule has 65 heavy (non-hydrogen) atoms. The lowest BCUT2D eigenvalue weighted by atomic mass is 10.0. The number of likely N-dealkylation sites (tertiary alicyclic amines) is 1. The van der Waals surface area contributed by atoms with Crippen molar-refractivity contribution in [2.75, 3.05) is 79.4 Å². The molecule has 342 valence electrons. The quantitative estimate of drug-likeness (QED) is 0.251. The van der Waals surface area contributed by atoms with Crippen molar-refractivity contribution in [1.82, 2.24) is 35.3 Å². The molecule has 2 aromatic carbocycles. The van der Waals surface area contributed by atoms with Gasteiger partial charge in [0.25, 0.3) is 23.6 Å². The average Bonchev–Trinajstić information content (AvgIpc) is 3.92. The number of piperidine rings is 2. The summed E-state index contributed by atoms with van der Waals surface area (Å²) in [6, 6.07) is 10.6. The van der Waals surface area contributed by atoms with Gasteiger partial charge in [0.1, 0.15) is 11.7 Å². The normalized spacial score (nSPS) is 21.9. The van der Waals surface area contributed by atoms with Crippen LogP contribution < -0.4 is 30.7 Å². The van der Waals surface area contributed by atoms with Crippen molar-refractivity contribution in [1.29, 1.82) is 0 Å². The van der Waals surface area contributed by atoms with Gasteiger partial charge in [0.15, 0.2) is 5.82 Å². The van der Waals surface area contributed by atoms with Crippen LogP contribution in [0, 0.1) is 0 Å². The lowest BCUT2D eigenvalue weighted by Gasteiger charge is -2.37. The van der Waals surface area contributed by atoms with Crippen molar-refractivity contribution in [3.05, 3.63) is 65.4 Å². The largest absolute Gasteiger partial charge is 0.368 e. The molecule has 3 aromatic rings. The fraction of sp³-hybridized carbons (Fsp3) is 0.489. The second-order valence-electron chi connectivity index (χ2n) is 17.6. The zero-order valence-corrected chi connectivity index (χ0v) is 36.1. The zero-order valence-electron chi connectivity index (χ0n) is 36.1. The molecule has 1 saturated carbocycles. The smallest absolute Gasteiger partial charge is 0.342 e. The van der Waals surface area contributed by atoms with Crippen LogP contribution in [0.25, 0.3) is 0 Å². The molecule has 1 unspecified atom stereocenters. The predicted octanol–water partition coefficient (Wildman–Crippen LogP) is 2.92. The molecule has 0 bridgehead atoms. The molecule has 9 rings (SSSR count). The van der Waals surface area contributed by atoms with E-state index in [1.165, 1.54) is 13.2 Å². The van der Waals surface area contributed by atoms with Gasteiger partial charge in [0, 0.05) is 89.0 Å². The third kappa shape index (κ3) is 8.70. The monoisotopic (exact) mass is 895 g/mol. The number of halogens is 2. The first-order valence-corrected chi connectivity index (χ1v) is 22.3. The number of nitrogens with zero attached hydrogens (tertiary/aromatic N) is 8. The van der Waals surface area contributed by atoms with Crippen LogP contribution in [0.1, 0.15) is 88.9 Å². The van der Waals surface area contributed by atoms with Crippen LogP contribution in [0.4, 0.5) is 37.6 Å². The number of fused-ring (bicyclic) bond motifs is 2. The van der Waals surface area contributed by atoms with E-state index in [0.717, 1.165) is 35.5 Å². The molecule has 1 atom stereocenters. The summed E-state index contributed by atoms with van der Waals surface area (Å²) in [4.78, 5) is 109. The van der Waals surface area contributed by atoms with Crippen molar-refractivity contribution < 1.29 is 42.3 Å². The molecule has 6 heterocycles. The topological polar surface area (TPSA) is 201 Å². The number of alkyl halides is 2. The minimum Gasteiger partial charge on any atom is -0.368 e. The Morgan fingerprint density at radius 1 is 0.862 bits per heavy atom. The molecule has 0 radical (unpaired) electrons. The Kier molecular flexibility index (Phi) is 11.9. The summed E-state index contributed by atoms with van der Waals surface area (Å²) < 4.78 is 30.0. The van der Waals surface area contributed by atoms with Gasteiger partial charge < -0.3 is 30.2 Å². The van der Waals surface area contributed by atoms with E-state index in [2.05, 4.69) is 35.7 Å². The van der Waals surface area contributed by atoms with Crippen molar-refractivity contribution in [2.24, 2.45) is 0 Å². The number of imide groups is 2. The molecule has 3 saturated heterocycles. The van der Waals surface area contributed by atoms with Gasteiger partial charge >= 0.3 is 5.92 Å². The maximum atomic E-state index is 15.0. The summed E-state index contributed by atoms with van der Waals surface area (Å²) in [7, 11) is 1.31. The fourth-order valence-electron chi connectivity index (χ4n) is 9.86.